The Bertz CT molecular complexity index is 1210. The number of aryl methyl sites for hydroxylation is 2. The van der Waals surface area contributed by atoms with Crippen LogP contribution in [-0.2, 0) is 25.3 Å². The minimum atomic E-state index is -4.41. The highest BCUT2D eigenvalue weighted by molar-refractivity contribution is 7.74. The monoisotopic (exact) mass is 545 g/mol. The number of hydrogen-bond acceptors (Lipinski definition) is 7. The van der Waals surface area contributed by atoms with Crippen molar-refractivity contribution in [2.45, 2.75) is 92.4 Å². The third-order valence-corrected chi connectivity index (χ3v) is 8.01. The van der Waals surface area contributed by atoms with Gasteiger partial charge in [0.25, 0.3) is 0 Å². The highest BCUT2D eigenvalue weighted by atomic mass is 31.2. The van der Waals surface area contributed by atoms with E-state index in [1.807, 2.05) is 44.2 Å². The lowest BCUT2D eigenvalue weighted by atomic mass is 9.90. The van der Waals surface area contributed by atoms with Gasteiger partial charge in [0.15, 0.2) is 0 Å². The van der Waals surface area contributed by atoms with Gasteiger partial charge in [0, 0.05) is 5.56 Å². The van der Waals surface area contributed by atoms with E-state index in [4.69, 9.17) is 18.7 Å². The number of unbranched alkanes of at least 4 members (excludes halogenated alkanes) is 2. The fourth-order valence-electron chi connectivity index (χ4n) is 4.40. The second-order valence-corrected chi connectivity index (χ2v) is 11.9. The molecule has 2 aromatic carbocycles. The summed E-state index contributed by atoms with van der Waals surface area (Å²) in [5.41, 5.74) is 3.38. The fourth-order valence-corrected chi connectivity index (χ4v) is 5.97. The first-order chi connectivity index (χ1) is 18.0. The summed E-state index contributed by atoms with van der Waals surface area (Å²) in [6.07, 6.45) is 3.29. The third kappa shape index (κ3) is 6.97. The maximum Gasteiger partial charge on any atom is 0.424 e. The summed E-state index contributed by atoms with van der Waals surface area (Å²) in [6.45, 7) is 12.6. The van der Waals surface area contributed by atoms with Crippen molar-refractivity contribution in [1.29, 1.82) is 0 Å². The standard InChI is InChI=1S/C29H40NO7P/c1-8-10-11-12-22-16-25-27(24-15-19(5)13-14-23(24)21(7)36-25)26(17-22)37-38(33,29(32)34-9-2)30-20(6)28(31)35-18(3)4/h13-18,20-21H,8-12H2,1-7H3,(H,30,33). The number of ether oxygens (including phenoxy) is 3. The highest BCUT2D eigenvalue weighted by Gasteiger charge is 2.42. The summed E-state index contributed by atoms with van der Waals surface area (Å²) in [4.78, 5) is 25.5. The molecule has 1 heterocycles. The summed E-state index contributed by atoms with van der Waals surface area (Å²) in [6, 6.07) is 8.76. The van der Waals surface area contributed by atoms with E-state index in [1.54, 1.807) is 20.8 Å². The molecule has 8 nitrogen and oxygen atoms in total. The molecule has 3 atom stereocenters. The predicted octanol–water partition coefficient (Wildman–Crippen LogP) is 7.51. The van der Waals surface area contributed by atoms with Gasteiger partial charge in [-0.05, 0) is 77.6 Å². The van der Waals surface area contributed by atoms with E-state index in [2.05, 4.69) is 12.0 Å². The number of carbonyl (C=O) groups excluding carboxylic acids is 2. The van der Waals surface area contributed by atoms with Crippen molar-refractivity contribution in [1.82, 2.24) is 5.09 Å². The van der Waals surface area contributed by atoms with Crippen molar-refractivity contribution in [3.63, 3.8) is 0 Å². The number of rotatable bonds is 12. The molecule has 3 unspecified atom stereocenters. The maximum absolute atomic E-state index is 14.1. The van der Waals surface area contributed by atoms with Gasteiger partial charge >= 0.3 is 19.2 Å². The first-order valence-corrected chi connectivity index (χ1v) is 15.0. The Morgan fingerprint density at radius 3 is 2.50 bits per heavy atom. The summed E-state index contributed by atoms with van der Waals surface area (Å²) < 4.78 is 36.9. The molecule has 0 spiro atoms. The molecule has 0 saturated heterocycles. The first kappa shape index (κ1) is 29.7. The minimum absolute atomic E-state index is 0.00347. The molecule has 0 bridgehead atoms. The van der Waals surface area contributed by atoms with Crippen LogP contribution < -0.4 is 14.3 Å². The van der Waals surface area contributed by atoms with Crippen LogP contribution in [0.2, 0.25) is 0 Å². The molecule has 0 saturated carbocycles. The molecule has 3 rings (SSSR count). The lowest BCUT2D eigenvalue weighted by molar-refractivity contribution is -0.149. The summed E-state index contributed by atoms with van der Waals surface area (Å²) in [5, 5.41) is 2.60. The largest absolute Gasteiger partial charge is 0.485 e. The van der Waals surface area contributed by atoms with Crippen LogP contribution in [0.5, 0.6) is 11.5 Å². The molecule has 0 aliphatic carbocycles. The van der Waals surface area contributed by atoms with E-state index in [1.165, 1.54) is 6.92 Å². The fraction of sp³-hybridized carbons (Fsp3) is 0.517. The van der Waals surface area contributed by atoms with E-state index in [0.717, 1.165) is 47.9 Å². The normalized spacial score (nSPS) is 16.5. The molecule has 2 aromatic rings. The van der Waals surface area contributed by atoms with Gasteiger partial charge in [0.2, 0.25) is 0 Å². The average Bonchev–Trinajstić information content (AvgIpc) is 2.83. The molecule has 1 aliphatic rings. The zero-order valence-electron chi connectivity index (χ0n) is 23.5. The smallest absolute Gasteiger partial charge is 0.424 e. The van der Waals surface area contributed by atoms with E-state index in [9.17, 15) is 14.2 Å². The Morgan fingerprint density at radius 2 is 1.84 bits per heavy atom. The molecule has 0 radical (unpaired) electrons. The average molecular weight is 546 g/mol. The number of nitrogens with one attached hydrogen (secondary N) is 1. The molecule has 9 heteroatoms. The second-order valence-electron chi connectivity index (χ2n) is 9.95. The van der Waals surface area contributed by atoms with Gasteiger partial charge in [0.1, 0.15) is 23.6 Å². The topological polar surface area (TPSA) is 100 Å². The number of carbonyl (C=O) groups is 2. The number of benzene rings is 2. The van der Waals surface area contributed by atoms with Crippen LogP contribution in [0.1, 0.15) is 83.6 Å². The summed E-state index contributed by atoms with van der Waals surface area (Å²) >= 11 is 0. The second kappa shape index (κ2) is 12.8. The van der Waals surface area contributed by atoms with Crippen LogP contribution >= 0.6 is 7.52 Å². The molecular formula is C29H40NO7P. The van der Waals surface area contributed by atoms with Crippen LogP contribution in [0.3, 0.4) is 0 Å². The molecule has 0 fully saturated rings. The van der Waals surface area contributed by atoms with E-state index in [-0.39, 0.29) is 24.6 Å². The van der Waals surface area contributed by atoms with E-state index >= 15 is 0 Å². The zero-order valence-corrected chi connectivity index (χ0v) is 24.4. The van der Waals surface area contributed by atoms with Gasteiger partial charge in [-0.1, -0.05) is 43.5 Å². The van der Waals surface area contributed by atoms with Gasteiger partial charge in [0.05, 0.1) is 18.3 Å². The molecule has 0 aromatic heterocycles. The SMILES string of the molecule is CCCCCc1cc2c(c(OP(=O)(NC(C)C(=O)OC(C)C)C(=O)OCC)c1)-c1cc(C)ccc1C(C)O2. The van der Waals surface area contributed by atoms with Crippen molar-refractivity contribution >= 4 is 19.2 Å². The number of esters is 1. The van der Waals surface area contributed by atoms with Crippen molar-refractivity contribution < 1.29 is 32.9 Å². The van der Waals surface area contributed by atoms with Crippen LogP contribution in [0, 0.1) is 6.92 Å². The maximum atomic E-state index is 14.1. The Hall–Kier alpha value is -2.83. The Kier molecular flexibility index (Phi) is 10.0. The van der Waals surface area contributed by atoms with Crippen molar-refractivity contribution in [3.05, 3.63) is 47.0 Å². The van der Waals surface area contributed by atoms with Crippen LogP contribution in [0.25, 0.3) is 11.1 Å². The Labute approximate surface area is 225 Å². The Morgan fingerprint density at radius 1 is 1.11 bits per heavy atom. The predicted molar refractivity (Wildman–Crippen MR) is 148 cm³/mol. The lowest BCUT2D eigenvalue weighted by Gasteiger charge is -2.30. The highest BCUT2D eigenvalue weighted by Crippen LogP contribution is 2.54. The summed E-state index contributed by atoms with van der Waals surface area (Å²) in [7, 11) is -4.41. The first-order valence-electron chi connectivity index (χ1n) is 13.4. The molecule has 1 aliphatic heterocycles. The Balaban J connectivity index is 2.12. The number of hydrogen-bond donors (Lipinski definition) is 1. The minimum Gasteiger partial charge on any atom is -0.485 e. The van der Waals surface area contributed by atoms with Crippen LogP contribution in [0.15, 0.2) is 30.3 Å². The van der Waals surface area contributed by atoms with Gasteiger partial charge < -0.3 is 18.7 Å². The summed E-state index contributed by atoms with van der Waals surface area (Å²) in [5.74, 6) is 0.185. The van der Waals surface area contributed by atoms with Gasteiger partial charge in [-0.15, -0.1) is 0 Å². The lowest BCUT2D eigenvalue weighted by Crippen LogP contribution is -2.37. The van der Waals surface area contributed by atoms with Crippen molar-refractivity contribution in [2.24, 2.45) is 0 Å². The van der Waals surface area contributed by atoms with Gasteiger partial charge in [-0.2, -0.15) is 0 Å². The van der Waals surface area contributed by atoms with Crippen LogP contribution in [-0.4, -0.2) is 30.4 Å². The van der Waals surface area contributed by atoms with Gasteiger partial charge in [-0.25, -0.2) is 14.4 Å². The molecule has 208 valence electrons. The van der Waals surface area contributed by atoms with Crippen molar-refractivity contribution in [2.75, 3.05) is 6.61 Å². The van der Waals surface area contributed by atoms with Crippen LogP contribution in [0.4, 0.5) is 4.79 Å². The molecular weight excluding hydrogens is 505 g/mol. The molecule has 0 amide bonds. The third-order valence-electron chi connectivity index (χ3n) is 6.22. The van der Waals surface area contributed by atoms with E-state index < -0.39 is 25.2 Å². The number of fused-ring (bicyclic) bond motifs is 3. The van der Waals surface area contributed by atoms with Gasteiger partial charge in [-0.3, -0.25) is 4.79 Å². The zero-order chi connectivity index (χ0) is 28.0. The molecule has 1 N–H and O–H groups in total. The van der Waals surface area contributed by atoms with Crippen molar-refractivity contribution in [3.8, 4) is 22.6 Å². The quantitative estimate of drug-likeness (QED) is 0.166. The van der Waals surface area contributed by atoms with E-state index in [0.29, 0.717) is 11.3 Å². The molecule has 38 heavy (non-hydrogen) atoms.